The predicted molar refractivity (Wildman–Crippen MR) is 128 cm³/mol. The number of hydrogen-bond donors (Lipinski definition) is 1. The van der Waals surface area contributed by atoms with Crippen molar-refractivity contribution in [1.82, 2.24) is 10.2 Å². The van der Waals surface area contributed by atoms with Crippen molar-refractivity contribution >= 4 is 62.9 Å². The van der Waals surface area contributed by atoms with E-state index in [1.807, 2.05) is 22.9 Å². The Balaban J connectivity index is 1.43. The number of anilines is 1. The molecule has 0 saturated heterocycles. The van der Waals surface area contributed by atoms with Crippen molar-refractivity contribution in [2.75, 3.05) is 17.7 Å². The number of esters is 1. The maximum absolute atomic E-state index is 12.6. The number of nitrogens with zero attached hydrogens (tertiary/aromatic N) is 2. The first-order valence-corrected chi connectivity index (χ1v) is 12.5. The summed E-state index contributed by atoms with van der Waals surface area (Å²) in [5.41, 5.74) is 1.84. The van der Waals surface area contributed by atoms with Crippen LogP contribution in [0.1, 0.15) is 17.3 Å². The molecular weight excluding hydrogens is 490 g/mol. The van der Waals surface area contributed by atoms with Crippen LogP contribution in [0.4, 0.5) is 5.00 Å². The van der Waals surface area contributed by atoms with Crippen molar-refractivity contribution in [3.8, 4) is 21.9 Å². The van der Waals surface area contributed by atoms with Crippen LogP contribution in [0.5, 0.6) is 0 Å². The molecule has 11 heteroatoms. The highest BCUT2D eigenvalue weighted by Crippen LogP contribution is 2.38. The van der Waals surface area contributed by atoms with Crippen molar-refractivity contribution in [3.05, 3.63) is 57.7 Å². The Morgan fingerprint density at radius 1 is 1.19 bits per heavy atom. The largest absolute Gasteiger partial charge is 0.462 e. The molecule has 0 fully saturated rings. The quantitative estimate of drug-likeness (QED) is 0.229. The lowest BCUT2D eigenvalue weighted by atomic mass is 10.1. The average Bonchev–Trinajstić information content (AvgIpc) is 3.53. The number of carbonyl (C=O) groups is 2. The van der Waals surface area contributed by atoms with Crippen LogP contribution >= 0.6 is 46.0 Å². The average molecular weight is 506 g/mol. The van der Waals surface area contributed by atoms with Gasteiger partial charge in [0.25, 0.3) is 5.22 Å². The topological polar surface area (TPSA) is 94.3 Å². The number of hydrogen-bond acceptors (Lipinski definition) is 9. The second-order valence-corrected chi connectivity index (χ2v) is 9.46. The van der Waals surface area contributed by atoms with Crippen LogP contribution in [0, 0.1) is 0 Å². The Hall–Kier alpha value is -2.66. The Kier molecular flexibility index (Phi) is 7.26. The molecule has 1 aromatic carbocycles. The molecule has 3 heterocycles. The molecule has 0 atom stereocenters. The molecule has 0 aliphatic heterocycles. The molecule has 0 unspecified atom stereocenters. The van der Waals surface area contributed by atoms with Crippen molar-refractivity contribution in [1.29, 1.82) is 0 Å². The van der Waals surface area contributed by atoms with Gasteiger partial charge in [0.15, 0.2) is 0 Å². The van der Waals surface area contributed by atoms with Gasteiger partial charge in [0, 0.05) is 26.4 Å². The molecule has 7 nitrogen and oxygen atoms in total. The van der Waals surface area contributed by atoms with Crippen LogP contribution in [0.15, 0.2) is 56.8 Å². The Labute approximate surface area is 200 Å². The number of halogens is 1. The van der Waals surface area contributed by atoms with Gasteiger partial charge >= 0.3 is 5.97 Å². The summed E-state index contributed by atoms with van der Waals surface area (Å²) < 4.78 is 10.8. The third-order valence-electron chi connectivity index (χ3n) is 4.13. The number of thioether (sulfide) groups is 1. The van der Waals surface area contributed by atoms with E-state index in [1.54, 1.807) is 31.2 Å². The van der Waals surface area contributed by atoms with Crippen molar-refractivity contribution in [3.63, 3.8) is 0 Å². The first-order valence-electron chi connectivity index (χ1n) is 9.39. The molecule has 0 radical (unpaired) electrons. The Bertz CT molecular complexity index is 1220. The van der Waals surface area contributed by atoms with Gasteiger partial charge in [-0.1, -0.05) is 29.4 Å². The standard InChI is InChI=1S/C21H16ClN3O4S3/c1-2-28-20(27)17-14(15-4-3-9-30-15)10-31-19(17)23-16(26)11-32-21-25-24-18(29-21)12-5-7-13(22)8-6-12/h3-10H,2,11H2,1H3,(H,23,26). The SMILES string of the molecule is CCOC(=O)c1c(-c2cccs2)csc1NC(=O)CSc1nnc(-c2ccc(Cl)cc2)o1. The zero-order valence-corrected chi connectivity index (χ0v) is 19.9. The predicted octanol–water partition coefficient (Wildman–Crippen LogP) is 6.09. The van der Waals surface area contributed by atoms with Gasteiger partial charge in [-0.3, -0.25) is 4.79 Å². The summed E-state index contributed by atoms with van der Waals surface area (Å²) in [6, 6.07) is 10.8. The van der Waals surface area contributed by atoms with Crippen LogP contribution in [0.25, 0.3) is 21.9 Å². The van der Waals surface area contributed by atoms with Crippen molar-refractivity contribution in [2.45, 2.75) is 12.1 Å². The molecule has 1 amide bonds. The van der Waals surface area contributed by atoms with Gasteiger partial charge < -0.3 is 14.5 Å². The number of rotatable bonds is 8. The van der Waals surface area contributed by atoms with E-state index in [0.717, 1.165) is 27.8 Å². The van der Waals surface area contributed by atoms with Gasteiger partial charge in [-0.05, 0) is 42.6 Å². The molecule has 4 aromatic rings. The van der Waals surface area contributed by atoms with Gasteiger partial charge in [-0.15, -0.1) is 32.9 Å². The second kappa shape index (κ2) is 10.3. The van der Waals surface area contributed by atoms with E-state index in [9.17, 15) is 9.59 Å². The highest BCUT2D eigenvalue weighted by Gasteiger charge is 2.23. The number of amides is 1. The lowest BCUT2D eigenvalue weighted by molar-refractivity contribution is -0.113. The minimum absolute atomic E-state index is 0.0384. The highest BCUT2D eigenvalue weighted by atomic mass is 35.5. The number of nitrogens with one attached hydrogen (secondary N) is 1. The third-order valence-corrected chi connectivity index (χ3v) is 7.00. The van der Waals surface area contributed by atoms with Crippen molar-refractivity contribution < 1.29 is 18.7 Å². The third kappa shape index (κ3) is 5.21. The first kappa shape index (κ1) is 22.5. The second-order valence-electron chi connectivity index (χ2n) is 6.27. The van der Waals surface area contributed by atoms with Gasteiger partial charge in [0.05, 0.1) is 12.4 Å². The highest BCUT2D eigenvalue weighted by molar-refractivity contribution is 7.99. The molecule has 3 aromatic heterocycles. The molecule has 0 bridgehead atoms. The van der Waals surface area contributed by atoms with E-state index in [-0.39, 0.29) is 23.5 Å². The number of thiophene rings is 2. The summed E-state index contributed by atoms with van der Waals surface area (Å²) in [6.07, 6.45) is 0. The zero-order chi connectivity index (χ0) is 22.5. The van der Waals surface area contributed by atoms with E-state index < -0.39 is 5.97 Å². The molecule has 0 saturated carbocycles. The van der Waals surface area contributed by atoms with Crippen molar-refractivity contribution in [2.24, 2.45) is 0 Å². The molecule has 1 N–H and O–H groups in total. The summed E-state index contributed by atoms with van der Waals surface area (Å²) in [5, 5.41) is 15.9. The molecular formula is C21H16ClN3O4S3. The van der Waals surface area contributed by atoms with E-state index in [0.29, 0.717) is 21.5 Å². The minimum Gasteiger partial charge on any atom is -0.462 e. The molecule has 0 aliphatic carbocycles. The monoisotopic (exact) mass is 505 g/mol. The number of aromatic nitrogens is 2. The van der Waals surface area contributed by atoms with Crippen LogP contribution < -0.4 is 5.32 Å². The minimum atomic E-state index is -0.468. The molecule has 0 spiro atoms. The van der Waals surface area contributed by atoms with Gasteiger partial charge in [0.1, 0.15) is 10.6 Å². The van der Waals surface area contributed by atoms with Gasteiger partial charge in [0.2, 0.25) is 11.8 Å². The normalized spacial score (nSPS) is 10.8. The number of benzene rings is 1. The smallest absolute Gasteiger partial charge is 0.341 e. The van der Waals surface area contributed by atoms with E-state index in [4.69, 9.17) is 20.8 Å². The molecule has 0 aliphatic rings. The number of carbonyl (C=O) groups excluding carboxylic acids is 2. The van der Waals surface area contributed by atoms with Crippen LogP contribution in [0.2, 0.25) is 5.02 Å². The fraction of sp³-hybridized carbons (Fsp3) is 0.143. The summed E-state index contributed by atoms with van der Waals surface area (Å²) in [4.78, 5) is 26.0. The summed E-state index contributed by atoms with van der Waals surface area (Å²) in [6.45, 7) is 1.99. The lowest BCUT2D eigenvalue weighted by Crippen LogP contribution is -2.16. The summed E-state index contributed by atoms with van der Waals surface area (Å²) in [7, 11) is 0. The molecule has 164 valence electrons. The van der Waals surface area contributed by atoms with E-state index in [2.05, 4.69) is 15.5 Å². The fourth-order valence-electron chi connectivity index (χ4n) is 2.74. The Morgan fingerprint density at radius 3 is 2.72 bits per heavy atom. The fourth-order valence-corrected chi connectivity index (χ4v) is 5.21. The maximum Gasteiger partial charge on any atom is 0.341 e. The molecule has 4 rings (SSSR count). The zero-order valence-electron chi connectivity index (χ0n) is 16.7. The first-order chi connectivity index (χ1) is 15.5. The van der Waals surface area contributed by atoms with Crippen LogP contribution in [0.3, 0.4) is 0 Å². The van der Waals surface area contributed by atoms with Crippen LogP contribution in [-0.4, -0.2) is 34.4 Å². The summed E-state index contributed by atoms with van der Waals surface area (Å²) in [5.74, 6) is -0.388. The Morgan fingerprint density at radius 2 is 2.00 bits per heavy atom. The maximum atomic E-state index is 12.6. The van der Waals surface area contributed by atoms with E-state index >= 15 is 0 Å². The lowest BCUT2D eigenvalue weighted by Gasteiger charge is -2.07. The molecule has 32 heavy (non-hydrogen) atoms. The van der Waals surface area contributed by atoms with Crippen LogP contribution in [-0.2, 0) is 9.53 Å². The number of ether oxygens (including phenoxy) is 1. The van der Waals surface area contributed by atoms with Gasteiger partial charge in [-0.2, -0.15) is 0 Å². The summed E-state index contributed by atoms with van der Waals surface area (Å²) >= 11 is 9.80. The van der Waals surface area contributed by atoms with E-state index in [1.165, 1.54) is 22.7 Å². The van der Waals surface area contributed by atoms with Gasteiger partial charge in [-0.25, -0.2) is 4.79 Å².